The summed E-state index contributed by atoms with van der Waals surface area (Å²) in [6.45, 7) is 2.43. The normalized spacial score (nSPS) is 20.5. The van der Waals surface area contributed by atoms with Gasteiger partial charge in [-0.25, -0.2) is 9.97 Å². The van der Waals surface area contributed by atoms with E-state index in [1.165, 1.54) is 25.8 Å². The minimum Gasteiger partial charge on any atom is -0.377 e. The Kier molecular flexibility index (Phi) is 5.36. The number of aromatic nitrogens is 2. The number of hydrogen-bond donors (Lipinski definition) is 1. The topological polar surface area (TPSA) is 50.3 Å². The minimum atomic E-state index is 0.374. The van der Waals surface area contributed by atoms with Gasteiger partial charge in [0.1, 0.15) is 17.6 Å². The van der Waals surface area contributed by atoms with Crippen LogP contribution in [0.4, 0.5) is 5.82 Å². The lowest BCUT2D eigenvalue weighted by Gasteiger charge is -2.32. The van der Waals surface area contributed by atoms with Crippen molar-refractivity contribution in [2.75, 3.05) is 32.6 Å². The molecule has 2 heterocycles. The average molecular weight is 285 g/mol. The van der Waals surface area contributed by atoms with Crippen molar-refractivity contribution in [3.8, 4) is 0 Å². The molecule has 1 N–H and O–H groups in total. The molecule has 1 aliphatic heterocycles. The van der Waals surface area contributed by atoms with Gasteiger partial charge in [0.05, 0.1) is 0 Å². The molecule has 1 aromatic heterocycles. The van der Waals surface area contributed by atoms with Gasteiger partial charge in [0.25, 0.3) is 0 Å². The Balaban J connectivity index is 1.94. The van der Waals surface area contributed by atoms with Gasteiger partial charge in [0.2, 0.25) is 0 Å². The van der Waals surface area contributed by atoms with Gasteiger partial charge in [-0.1, -0.05) is 18.0 Å². The van der Waals surface area contributed by atoms with Crippen LogP contribution in [0.2, 0.25) is 5.15 Å². The summed E-state index contributed by atoms with van der Waals surface area (Å²) in [7, 11) is 3.79. The molecule has 0 amide bonds. The van der Waals surface area contributed by atoms with E-state index >= 15 is 0 Å². The molecule has 1 aromatic rings. The van der Waals surface area contributed by atoms with E-state index in [1.54, 1.807) is 13.2 Å². The van der Waals surface area contributed by atoms with E-state index in [0.717, 1.165) is 12.4 Å². The molecule has 0 bridgehead atoms. The minimum absolute atomic E-state index is 0.374. The zero-order valence-corrected chi connectivity index (χ0v) is 12.3. The molecule has 1 atom stereocenters. The zero-order chi connectivity index (χ0) is 13.7. The number of hydrogen-bond acceptors (Lipinski definition) is 5. The molecule has 0 saturated carbocycles. The quantitative estimate of drug-likeness (QED) is 0.840. The Morgan fingerprint density at radius 3 is 3.05 bits per heavy atom. The summed E-state index contributed by atoms with van der Waals surface area (Å²) in [6.07, 6.45) is 3.83. The molecule has 2 rings (SSSR count). The van der Waals surface area contributed by atoms with E-state index in [4.69, 9.17) is 16.3 Å². The van der Waals surface area contributed by atoms with Gasteiger partial charge in [-0.15, -0.1) is 0 Å². The number of piperidine rings is 1. The molecule has 0 aliphatic carbocycles. The zero-order valence-electron chi connectivity index (χ0n) is 11.5. The lowest BCUT2D eigenvalue weighted by Crippen LogP contribution is -2.40. The highest BCUT2D eigenvalue weighted by Gasteiger charge is 2.18. The molecular formula is C13H21ClN4O. The molecule has 5 nitrogen and oxygen atoms in total. The molecule has 6 heteroatoms. The standard InChI is InChI=1S/C13H21ClN4O/c1-18-6-4-3-5-10(18)8-15-12-7-11(14)16-13(17-12)9-19-2/h7,10H,3-6,8-9H2,1-2H3,(H,15,16,17). The summed E-state index contributed by atoms with van der Waals surface area (Å²) in [5, 5.41) is 3.80. The molecule has 1 aliphatic rings. The van der Waals surface area contributed by atoms with Crippen LogP contribution in [-0.4, -0.2) is 48.2 Å². The van der Waals surface area contributed by atoms with Crippen LogP contribution < -0.4 is 5.32 Å². The van der Waals surface area contributed by atoms with Crippen LogP contribution in [0, 0.1) is 0 Å². The van der Waals surface area contributed by atoms with Crippen LogP contribution >= 0.6 is 11.6 Å². The van der Waals surface area contributed by atoms with Crippen molar-refractivity contribution in [1.29, 1.82) is 0 Å². The fourth-order valence-electron chi connectivity index (χ4n) is 2.37. The van der Waals surface area contributed by atoms with Gasteiger partial charge in [0.15, 0.2) is 5.82 Å². The van der Waals surface area contributed by atoms with Crippen molar-refractivity contribution in [3.05, 3.63) is 17.0 Å². The number of nitrogens with one attached hydrogen (secondary N) is 1. The SMILES string of the molecule is COCc1nc(Cl)cc(NCC2CCCCN2C)n1. The average Bonchev–Trinajstić information content (AvgIpc) is 2.37. The van der Waals surface area contributed by atoms with Gasteiger partial charge >= 0.3 is 0 Å². The van der Waals surface area contributed by atoms with Crippen molar-refractivity contribution in [2.45, 2.75) is 31.9 Å². The lowest BCUT2D eigenvalue weighted by atomic mass is 10.0. The number of halogens is 1. The molecular weight excluding hydrogens is 264 g/mol. The number of anilines is 1. The number of likely N-dealkylation sites (tertiary alicyclic amines) is 1. The van der Waals surface area contributed by atoms with E-state index in [9.17, 15) is 0 Å². The highest BCUT2D eigenvalue weighted by molar-refractivity contribution is 6.29. The van der Waals surface area contributed by atoms with Crippen molar-refractivity contribution in [2.24, 2.45) is 0 Å². The summed E-state index contributed by atoms with van der Waals surface area (Å²) in [5.74, 6) is 1.38. The van der Waals surface area contributed by atoms with Crippen LogP contribution in [0.15, 0.2) is 6.07 Å². The Bertz CT molecular complexity index is 416. The largest absolute Gasteiger partial charge is 0.377 e. The lowest BCUT2D eigenvalue weighted by molar-refractivity contribution is 0.178. The first kappa shape index (κ1) is 14.5. The van der Waals surface area contributed by atoms with E-state index in [2.05, 4.69) is 27.2 Å². The second-order valence-electron chi connectivity index (χ2n) is 4.94. The van der Waals surface area contributed by atoms with Crippen molar-refractivity contribution < 1.29 is 4.74 Å². The third kappa shape index (κ3) is 4.30. The molecule has 0 spiro atoms. The molecule has 1 fully saturated rings. The first-order valence-electron chi connectivity index (χ1n) is 6.65. The Morgan fingerprint density at radius 2 is 2.32 bits per heavy atom. The van der Waals surface area contributed by atoms with E-state index in [-0.39, 0.29) is 0 Å². The van der Waals surface area contributed by atoms with Gasteiger partial charge in [-0.3, -0.25) is 0 Å². The maximum Gasteiger partial charge on any atom is 0.158 e. The smallest absolute Gasteiger partial charge is 0.158 e. The molecule has 0 aromatic carbocycles. The van der Waals surface area contributed by atoms with Crippen molar-refractivity contribution in [1.82, 2.24) is 14.9 Å². The highest BCUT2D eigenvalue weighted by Crippen LogP contribution is 2.17. The fourth-order valence-corrected chi connectivity index (χ4v) is 2.57. The number of nitrogens with zero attached hydrogens (tertiary/aromatic N) is 3. The van der Waals surface area contributed by atoms with Crippen molar-refractivity contribution in [3.63, 3.8) is 0 Å². The van der Waals surface area contributed by atoms with Gasteiger partial charge < -0.3 is 15.0 Å². The number of rotatable bonds is 5. The van der Waals surface area contributed by atoms with Crippen LogP contribution in [0.1, 0.15) is 25.1 Å². The van der Waals surface area contributed by atoms with E-state index < -0.39 is 0 Å². The number of likely N-dealkylation sites (N-methyl/N-ethyl adjacent to an activating group) is 1. The summed E-state index contributed by atoms with van der Waals surface area (Å²) in [4.78, 5) is 10.9. The van der Waals surface area contributed by atoms with Gasteiger partial charge in [0, 0.05) is 25.8 Å². The second kappa shape index (κ2) is 7.03. The summed E-state index contributed by atoms with van der Waals surface area (Å²) in [5.41, 5.74) is 0. The monoisotopic (exact) mass is 284 g/mol. The summed E-state index contributed by atoms with van der Waals surface area (Å²) >= 11 is 5.98. The fraction of sp³-hybridized carbons (Fsp3) is 0.692. The van der Waals surface area contributed by atoms with E-state index in [1.807, 2.05) is 0 Å². The summed E-state index contributed by atoms with van der Waals surface area (Å²) in [6, 6.07) is 2.32. The third-order valence-corrected chi connectivity index (χ3v) is 3.65. The number of ether oxygens (including phenoxy) is 1. The maximum absolute atomic E-state index is 5.98. The van der Waals surface area contributed by atoms with Gasteiger partial charge in [-0.2, -0.15) is 0 Å². The highest BCUT2D eigenvalue weighted by atomic mass is 35.5. The number of methoxy groups -OCH3 is 1. The Labute approximate surface area is 119 Å². The first-order valence-corrected chi connectivity index (χ1v) is 7.03. The summed E-state index contributed by atoms with van der Waals surface area (Å²) < 4.78 is 5.03. The second-order valence-corrected chi connectivity index (χ2v) is 5.32. The third-order valence-electron chi connectivity index (χ3n) is 3.45. The maximum atomic E-state index is 5.98. The first-order chi connectivity index (χ1) is 9.19. The van der Waals surface area contributed by atoms with Crippen LogP contribution in [0.3, 0.4) is 0 Å². The molecule has 1 saturated heterocycles. The van der Waals surface area contributed by atoms with Gasteiger partial charge in [-0.05, 0) is 26.4 Å². The molecule has 1 unspecified atom stereocenters. The predicted octanol–water partition coefficient (Wildman–Crippen LogP) is 2.17. The Morgan fingerprint density at radius 1 is 1.47 bits per heavy atom. The van der Waals surface area contributed by atoms with Crippen LogP contribution in [0.25, 0.3) is 0 Å². The molecule has 106 valence electrons. The van der Waals surface area contributed by atoms with Crippen LogP contribution in [0.5, 0.6) is 0 Å². The van der Waals surface area contributed by atoms with Crippen LogP contribution in [-0.2, 0) is 11.3 Å². The van der Waals surface area contributed by atoms with E-state index in [0.29, 0.717) is 23.6 Å². The predicted molar refractivity (Wildman–Crippen MR) is 76.5 cm³/mol. The Hall–Kier alpha value is -0.910. The molecule has 0 radical (unpaired) electrons. The molecule has 19 heavy (non-hydrogen) atoms. The van der Waals surface area contributed by atoms with Crippen molar-refractivity contribution >= 4 is 17.4 Å².